The van der Waals surface area contributed by atoms with Gasteiger partial charge >= 0.3 is 5.97 Å². The molecule has 0 bridgehead atoms. The van der Waals surface area contributed by atoms with E-state index in [0.717, 1.165) is 59.5 Å². The molecular weight excluding hydrogens is 482 g/mol. The second-order valence-corrected chi connectivity index (χ2v) is 10.5. The molecule has 37 heavy (non-hydrogen) atoms. The zero-order chi connectivity index (χ0) is 25.9. The van der Waals surface area contributed by atoms with Gasteiger partial charge in [-0.1, -0.05) is 55.5 Å². The van der Waals surface area contributed by atoms with E-state index in [9.17, 15) is 9.59 Å². The summed E-state index contributed by atoms with van der Waals surface area (Å²) in [4.78, 5) is 28.3. The van der Waals surface area contributed by atoms with E-state index >= 15 is 0 Å². The summed E-state index contributed by atoms with van der Waals surface area (Å²) in [6, 6.07) is 19.5. The third-order valence-electron chi connectivity index (χ3n) is 6.88. The highest BCUT2D eigenvalue weighted by Gasteiger charge is 2.30. The number of ether oxygens (including phenoxy) is 1. The summed E-state index contributed by atoms with van der Waals surface area (Å²) in [5.74, 6) is -0.640. The third kappa shape index (κ3) is 4.96. The average Bonchev–Trinajstić information content (AvgIpc) is 3.46. The first-order chi connectivity index (χ1) is 18.0. The maximum Gasteiger partial charge on any atom is 0.341 e. The Bertz CT molecular complexity index is 1420. The number of amides is 1. The summed E-state index contributed by atoms with van der Waals surface area (Å²) in [5, 5.41) is 8.52. The Hall–Kier alpha value is -3.71. The molecule has 1 N–H and O–H groups in total. The van der Waals surface area contributed by atoms with E-state index in [-0.39, 0.29) is 18.0 Å². The molecule has 2 heterocycles. The van der Waals surface area contributed by atoms with Crippen molar-refractivity contribution in [3.63, 3.8) is 0 Å². The maximum absolute atomic E-state index is 13.9. The highest BCUT2D eigenvalue weighted by atomic mass is 32.1. The number of carbonyl (C=O) groups is 2. The maximum atomic E-state index is 13.9. The lowest BCUT2D eigenvalue weighted by Gasteiger charge is -2.15. The van der Waals surface area contributed by atoms with Crippen LogP contribution in [-0.4, -0.2) is 27.8 Å². The fourth-order valence-corrected chi connectivity index (χ4v) is 6.03. The number of hydrogen-bond acceptors (Lipinski definition) is 5. The molecule has 0 spiro atoms. The molecule has 5 rings (SSSR count). The van der Waals surface area contributed by atoms with E-state index in [1.165, 1.54) is 11.3 Å². The van der Waals surface area contributed by atoms with Crippen molar-refractivity contribution >= 4 is 28.2 Å². The van der Waals surface area contributed by atoms with Crippen LogP contribution in [0.1, 0.15) is 70.0 Å². The largest absolute Gasteiger partial charge is 0.459 e. The first kappa shape index (κ1) is 25.0. The normalized spacial score (nSPS) is 13.6. The van der Waals surface area contributed by atoms with Crippen LogP contribution in [0.25, 0.3) is 16.9 Å². The molecule has 6 nitrogen and oxygen atoms in total. The molecule has 0 saturated carbocycles. The topological polar surface area (TPSA) is 73.2 Å². The number of benzene rings is 2. The molecular formula is C30H31N3O3S. The lowest BCUT2D eigenvalue weighted by molar-refractivity contribution is 0.0335. The van der Waals surface area contributed by atoms with Crippen LogP contribution >= 0.6 is 11.3 Å². The minimum Gasteiger partial charge on any atom is -0.459 e. The zero-order valence-electron chi connectivity index (χ0n) is 21.4. The molecule has 0 aliphatic heterocycles. The van der Waals surface area contributed by atoms with Crippen molar-refractivity contribution in [2.45, 2.75) is 59.0 Å². The summed E-state index contributed by atoms with van der Waals surface area (Å²) in [6.45, 7) is 5.78. The smallest absolute Gasteiger partial charge is 0.341 e. The lowest BCUT2D eigenvalue weighted by atomic mass is 9.95. The summed E-state index contributed by atoms with van der Waals surface area (Å²) in [6.07, 6.45) is 4.40. The van der Waals surface area contributed by atoms with E-state index in [0.29, 0.717) is 21.8 Å². The Morgan fingerprint density at radius 1 is 1.03 bits per heavy atom. The Labute approximate surface area is 221 Å². The molecule has 7 heteroatoms. The van der Waals surface area contributed by atoms with Gasteiger partial charge in [0.25, 0.3) is 5.91 Å². The van der Waals surface area contributed by atoms with Crippen LogP contribution in [0.15, 0.2) is 60.7 Å². The van der Waals surface area contributed by atoms with E-state index in [1.54, 1.807) is 4.68 Å². The van der Waals surface area contributed by atoms with Gasteiger partial charge in [-0.3, -0.25) is 4.79 Å². The quantitative estimate of drug-likeness (QED) is 0.270. The van der Waals surface area contributed by atoms with Crippen molar-refractivity contribution in [2.24, 2.45) is 0 Å². The van der Waals surface area contributed by atoms with Gasteiger partial charge in [0.2, 0.25) is 0 Å². The van der Waals surface area contributed by atoms with Crippen molar-refractivity contribution in [1.82, 2.24) is 9.78 Å². The van der Waals surface area contributed by atoms with Crippen LogP contribution in [0.2, 0.25) is 0 Å². The monoisotopic (exact) mass is 513 g/mol. The SMILES string of the molecule is CCC(C)OC(=O)c1c(NC(=O)c2c(-c3ccccc3)nn(-c3ccccc3)c2C)sc2c1CCCC2. The fraction of sp³-hybridized carbons (Fsp3) is 0.300. The number of aryl methyl sites for hydroxylation is 1. The average molecular weight is 514 g/mol. The summed E-state index contributed by atoms with van der Waals surface area (Å²) in [7, 11) is 0. The molecule has 0 fully saturated rings. The number of aromatic nitrogens is 2. The van der Waals surface area contributed by atoms with Gasteiger partial charge < -0.3 is 10.1 Å². The molecule has 2 aromatic carbocycles. The third-order valence-corrected chi connectivity index (χ3v) is 8.08. The van der Waals surface area contributed by atoms with Gasteiger partial charge in [-0.2, -0.15) is 5.10 Å². The van der Waals surface area contributed by atoms with Crippen LogP contribution < -0.4 is 5.32 Å². The standard InChI is InChI=1S/C30H31N3O3S/c1-4-19(2)36-30(35)26-23-17-11-12-18-24(23)37-29(26)31-28(34)25-20(3)33(22-15-9-6-10-16-22)32-27(25)21-13-7-5-8-14-21/h5-10,13-16,19H,4,11-12,17-18H2,1-3H3,(H,31,34). The number of nitrogens with zero attached hydrogens (tertiary/aromatic N) is 2. The van der Waals surface area contributed by atoms with E-state index in [2.05, 4.69) is 5.32 Å². The van der Waals surface area contributed by atoms with Crippen molar-refractivity contribution in [1.29, 1.82) is 0 Å². The molecule has 1 atom stereocenters. The number of carbonyl (C=O) groups excluding carboxylic acids is 2. The molecule has 0 saturated heterocycles. The van der Waals surface area contributed by atoms with Crippen molar-refractivity contribution in [2.75, 3.05) is 5.32 Å². The number of thiophene rings is 1. The van der Waals surface area contributed by atoms with E-state index in [4.69, 9.17) is 9.84 Å². The highest BCUT2D eigenvalue weighted by molar-refractivity contribution is 7.17. The number of fused-ring (bicyclic) bond motifs is 1. The van der Waals surface area contributed by atoms with Crippen LogP contribution in [0.3, 0.4) is 0 Å². The molecule has 1 aliphatic carbocycles. The Morgan fingerprint density at radius 3 is 2.41 bits per heavy atom. The number of rotatable bonds is 7. The molecule has 1 unspecified atom stereocenters. The predicted octanol–water partition coefficient (Wildman–Crippen LogP) is 7.00. The lowest BCUT2D eigenvalue weighted by Crippen LogP contribution is -2.19. The molecule has 1 amide bonds. The number of para-hydroxylation sites is 1. The van der Waals surface area contributed by atoms with Gasteiger partial charge in [-0.05, 0) is 63.6 Å². The minimum atomic E-state index is -0.357. The van der Waals surface area contributed by atoms with E-state index < -0.39 is 0 Å². The molecule has 190 valence electrons. The van der Waals surface area contributed by atoms with Gasteiger partial charge in [-0.15, -0.1) is 11.3 Å². The van der Waals surface area contributed by atoms with Crippen LogP contribution in [-0.2, 0) is 17.6 Å². The van der Waals surface area contributed by atoms with Crippen LogP contribution in [0, 0.1) is 6.92 Å². The van der Waals surface area contributed by atoms with Crippen LogP contribution in [0.5, 0.6) is 0 Å². The summed E-state index contributed by atoms with van der Waals surface area (Å²) < 4.78 is 7.52. The second-order valence-electron chi connectivity index (χ2n) is 9.42. The molecule has 1 aliphatic rings. The van der Waals surface area contributed by atoms with Crippen molar-refractivity contribution in [3.05, 3.63) is 87.9 Å². The zero-order valence-corrected chi connectivity index (χ0v) is 22.2. The number of nitrogens with one attached hydrogen (secondary N) is 1. The fourth-order valence-electron chi connectivity index (χ4n) is 4.75. The first-order valence-corrected chi connectivity index (χ1v) is 13.7. The highest BCUT2D eigenvalue weighted by Crippen LogP contribution is 2.39. The summed E-state index contributed by atoms with van der Waals surface area (Å²) in [5.41, 5.74) is 5.09. The van der Waals surface area contributed by atoms with Crippen LogP contribution in [0.4, 0.5) is 5.00 Å². The minimum absolute atomic E-state index is 0.189. The second kappa shape index (κ2) is 10.7. The summed E-state index contributed by atoms with van der Waals surface area (Å²) >= 11 is 1.50. The number of hydrogen-bond donors (Lipinski definition) is 1. The van der Waals surface area contributed by atoms with Crippen molar-refractivity contribution in [3.8, 4) is 16.9 Å². The van der Waals surface area contributed by atoms with Crippen molar-refractivity contribution < 1.29 is 14.3 Å². The Kier molecular flexibility index (Phi) is 7.24. The van der Waals surface area contributed by atoms with Gasteiger partial charge in [0.15, 0.2) is 0 Å². The molecule has 4 aromatic rings. The number of anilines is 1. The van der Waals surface area contributed by atoms with Gasteiger partial charge in [0.05, 0.1) is 28.6 Å². The molecule has 0 radical (unpaired) electrons. The molecule has 2 aromatic heterocycles. The van der Waals surface area contributed by atoms with Gasteiger partial charge in [0, 0.05) is 10.4 Å². The Balaban J connectivity index is 1.57. The van der Waals surface area contributed by atoms with E-state index in [1.807, 2.05) is 81.4 Å². The van der Waals surface area contributed by atoms with Gasteiger partial charge in [0.1, 0.15) is 10.7 Å². The first-order valence-electron chi connectivity index (χ1n) is 12.8. The Morgan fingerprint density at radius 2 is 1.70 bits per heavy atom. The number of esters is 1. The van der Waals surface area contributed by atoms with Gasteiger partial charge in [-0.25, -0.2) is 9.48 Å². The predicted molar refractivity (Wildman–Crippen MR) is 148 cm³/mol.